The van der Waals surface area contributed by atoms with Crippen LogP contribution in [0.2, 0.25) is 0 Å². The molecule has 1 unspecified atom stereocenters. The van der Waals surface area contributed by atoms with Crippen molar-refractivity contribution < 1.29 is 19.4 Å². The zero-order valence-electron chi connectivity index (χ0n) is 23.4. The van der Waals surface area contributed by atoms with Crippen LogP contribution in [0.4, 0.5) is 10.9 Å². The van der Waals surface area contributed by atoms with E-state index < -0.39 is 11.4 Å². The van der Waals surface area contributed by atoms with Crippen LogP contribution in [0.3, 0.4) is 0 Å². The second-order valence-corrected chi connectivity index (χ2v) is 12.0. The molecule has 1 aliphatic carbocycles. The normalized spacial score (nSPS) is 16.9. The van der Waals surface area contributed by atoms with Crippen LogP contribution in [-0.4, -0.2) is 74.4 Å². The quantitative estimate of drug-likeness (QED) is 0.304. The Hall–Kier alpha value is -3.58. The Kier molecular flexibility index (Phi) is 8.55. The maximum atomic E-state index is 13.0. The fourth-order valence-electron chi connectivity index (χ4n) is 5.32. The van der Waals surface area contributed by atoms with E-state index in [4.69, 9.17) is 17.0 Å². The predicted octanol–water partition coefficient (Wildman–Crippen LogP) is 3.78. The summed E-state index contributed by atoms with van der Waals surface area (Å²) in [4.78, 5) is 51.5. The number of thiophene rings is 1. The molecule has 2 aliphatic rings. The lowest BCUT2D eigenvalue weighted by molar-refractivity contribution is 0.0504. The number of piperazine rings is 1. The number of aryl methyl sites for hydroxylation is 1. The van der Waals surface area contributed by atoms with E-state index in [0.29, 0.717) is 67.5 Å². The van der Waals surface area contributed by atoms with Crippen molar-refractivity contribution in [3.05, 3.63) is 44.2 Å². The van der Waals surface area contributed by atoms with Crippen molar-refractivity contribution in [1.29, 1.82) is 0 Å². The van der Waals surface area contributed by atoms with Crippen molar-refractivity contribution in [3.63, 3.8) is 0 Å². The highest BCUT2D eigenvalue weighted by Crippen LogP contribution is 2.40. The lowest BCUT2D eigenvalue weighted by Gasteiger charge is -2.36. The van der Waals surface area contributed by atoms with Gasteiger partial charge in [-0.05, 0) is 56.3 Å². The summed E-state index contributed by atoms with van der Waals surface area (Å²) in [7, 11) is 0. The number of carbonyl (C=O) groups excluding carboxylic acids is 1. The molecule has 0 amide bonds. The minimum absolute atomic E-state index is 0.181. The summed E-state index contributed by atoms with van der Waals surface area (Å²) in [5.41, 5.74) is 1.24. The second kappa shape index (κ2) is 12.1. The van der Waals surface area contributed by atoms with Gasteiger partial charge in [0.15, 0.2) is 5.11 Å². The maximum Gasteiger partial charge on any atom is 0.341 e. The highest BCUT2D eigenvalue weighted by Gasteiger charge is 2.30. The first kappa shape index (κ1) is 28.9. The first-order chi connectivity index (χ1) is 19.7. The van der Waals surface area contributed by atoms with E-state index in [-0.39, 0.29) is 16.9 Å². The molecule has 1 saturated heterocycles. The number of anilines is 2. The minimum atomic E-state index is -1.27. The van der Waals surface area contributed by atoms with Gasteiger partial charge < -0.3 is 29.5 Å². The Morgan fingerprint density at radius 3 is 2.68 bits per heavy atom. The van der Waals surface area contributed by atoms with Gasteiger partial charge in [-0.25, -0.2) is 14.6 Å². The van der Waals surface area contributed by atoms with Gasteiger partial charge in [-0.15, -0.1) is 11.3 Å². The summed E-state index contributed by atoms with van der Waals surface area (Å²) in [6.07, 6.45) is 6.39. The molecular weight excluding hydrogens is 564 g/mol. The number of hydrogen-bond donors (Lipinski definition) is 2. The molecule has 41 heavy (non-hydrogen) atoms. The van der Waals surface area contributed by atoms with Gasteiger partial charge >= 0.3 is 11.9 Å². The van der Waals surface area contributed by atoms with E-state index >= 15 is 0 Å². The average Bonchev–Trinajstić information content (AvgIpc) is 3.32. The number of nitrogens with zero attached hydrogens (tertiary/aromatic N) is 5. The SMILES string of the molecule is CCCOC(=O)c1c(NC(=S)N2CCN(c3ncc4c(=O)c(C(=O)O)cn(CC)c4n3)CC2)sc2c1CCC(C)C2. The van der Waals surface area contributed by atoms with Crippen LogP contribution in [0.15, 0.2) is 17.2 Å². The average molecular weight is 599 g/mol. The molecule has 3 aromatic rings. The van der Waals surface area contributed by atoms with E-state index in [2.05, 4.69) is 27.1 Å². The molecule has 5 rings (SSSR count). The molecule has 1 aliphatic heterocycles. The van der Waals surface area contributed by atoms with E-state index in [1.165, 1.54) is 17.3 Å². The monoisotopic (exact) mass is 598 g/mol. The molecule has 2 N–H and O–H groups in total. The number of hydrogen-bond acceptors (Lipinski definition) is 9. The molecule has 0 radical (unpaired) electrons. The molecule has 1 atom stereocenters. The summed E-state index contributed by atoms with van der Waals surface area (Å²) in [6, 6.07) is 0. The van der Waals surface area contributed by atoms with Crippen LogP contribution in [0.1, 0.15) is 64.8 Å². The van der Waals surface area contributed by atoms with Crippen LogP contribution >= 0.6 is 23.6 Å². The maximum absolute atomic E-state index is 13.0. The van der Waals surface area contributed by atoms with Crippen molar-refractivity contribution >= 4 is 62.6 Å². The number of aromatic carboxylic acids is 1. The van der Waals surface area contributed by atoms with E-state index in [9.17, 15) is 19.5 Å². The topological polar surface area (TPSA) is 130 Å². The minimum Gasteiger partial charge on any atom is -0.477 e. The number of fused-ring (bicyclic) bond motifs is 2. The summed E-state index contributed by atoms with van der Waals surface area (Å²) in [5.74, 6) is -0.506. The fourth-order valence-corrected chi connectivity index (χ4v) is 7.06. The molecule has 4 heterocycles. The zero-order valence-corrected chi connectivity index (χ0v) is 25.1. The number of nitrogens with one attached hydrogen (secondary N) is 1. The van der Waals surface area contributed by atoms with Crippen LogP contribution < -0.4 is 15.6 Å². The van der Waals surface area contributed by atoms with E-state index in [0.717, 1.165) is 36.2 Å². The first-order valence-corrected chi connectivity index (χ1v) is 15.2. The Bertz CT molecular complexity index is 1560. The van der Waals surface area contributed by atoms with E-state index in [1.807, 2.05) is 18.7 Å². The number of carbonyl (C=O) groups is 2. The number of rotatable bonds is 7. The van der Waals surface area contributed by atoms with Gasteiger partial charge in [0, 0.05) is 50.0 Å². The van der Waals surface area contributed by atoms with Crippen molar-refractivity contribution in [2.45, 2.75) is 53.0 Å². The Morgan fingerprint density at radius 1 is 1.24 bits per heavy atom. The van der Waals surface area contributed by atoms with Gasteiger partial charge in [0.25, 0.3) is 0 Å². The van der Waals surface area contributed by atoms with Gasteiger partial charge in [0.1, 0.15) is 16.2 Å². The van der Waals surface area contributed by atoms with Crippen LogP contribution in [0, 0.1) is 5.92 Å². The lowest BCUT2D eigenvalue weighted by atomic mass is 9.88. The molecule has 0 spiro atoms. The first-order valence-electron chi connectivity index (χ1n) is 14.0. The molecule has 1 fully saturated rings. The summed E-state index contributed by atoms with van der Waals surface area (Å²) < 4.78 is 7.19. The van der Waals surface area contributed by atoms with Gasteiger partial charge in [0.05, 0.1) is 17.6 Å². The van der Waals surface area contributed by atoms with Crippen molar-refractivity contribution in [3.8, 4) is 0 Å². The standard InChI is InChI=1S/C28H34N6O5S2/c1-4-12-39-26(38)21-17-7-6-16(3)13-20(17)41-24(21)31-28(40)34-10-8-33(9-11-34)27-29-14-18-22(35)19(25(36)37)15-32(5-2)23(18)30-27/h14-16H,4-13H2,1-3H3,(H,31,40)(H,36,37). The highest BCUT2D eigenvalue weighted by molar-refractivity contribution is 7.80. The molecule has 0 bridgehead atoms. The molecule has 3 aromatic heterocycles. The van der Waals surface area contributed by atoms with Gasteiger partial charge in [-0.2, -0.15) is 4.98 Å². The van der Waals surface area contributed by atoms with Crippen molar-refractivity contribution in [2.24, 2.45) is 5.92 Å². The van der Waals surface area contributed by atoms with Gasteiger partial charge in [0.2, 0.25) is 11.4 Å². The molecule has 0 saturated carbocycles. The smallest absolute Gasteiger partial charge is 0.341 e. The summed E-state index contributed by atoms with van der Waals surface area (Å²) in [5, 5.41) is 14.3. The number of ether oxygens (including phenoxy) is 1. The molecule has 218 valence electrons. The predicted molar refractivity (Wildman–Crippen MR) is 163 cm³/mol. The van der Waals surface area contributed by atoms with Gasteiger partial charge in [-0.1, -0.05) is 13.8 Å². The number of esters is 1. The van der Waals surface area contributed by atoms with Crippen molar-refractivity contribution in [2.75, 3.05) is 43.0 Å². The number of pyridine rings is 1. The molecule has 0 aromatic carbocycles. The molecule has 13 heteroatoms. The molecule has 11 nitrogen and oxygen atoms in total. The van der Waals surface area contributed by atoms with E-state index in [1.54, 1.807) is 15.9 Å². The third kappa shape index (κ3) is 5.78. The number of carboxylic acids is 1. The Labute approximate surface area is 247 Å². The van der Waals surface area contributed by atoms with Crippen molar-refractivity contribution in [1.82, 2.24) is 19.4 Å². The number of carboxylic acid groups (broad SMARTS) is 1. The second-order valence-electron chi connectivity index (χ2n) is 10.5. The highest BCUT2D eigenvalue weighted by atomic mass is 32.1. The lowest BCUT2D eigenvalue weighted by Crippen LogP contribution is -2.50. The zero-order chi connectivity index (χ0) is 29.3. The number of thiocarbonyl (C=S) groups is 1. The third-order valence-electron chi connectivity index (χ3n) is 7.60. The largest absolute Gasteiger partial charge is 0.477 e. The third-order valence-corrected chi connectivity index (χ3v) is 9.13. The van der Waals surface area contributed by atoms with Gasteiger partial charge in [-0.3, -0.25) is 4.79 Å². The summed E-state index contributed by atoms with van der Waals surface area (Å²) in [6.45, 7) is 9.35. The van der Waals surface area contributed by atoms with Crippen LogP contribution in [0.5, 0.6) is 0 Å². The van der Waals surface area contributed by atoms with Crippen LogP contribution in [0.25, 0.3) is 11.0 Å². The molecular formula is C28H34N6O5S2. The fraction of sp³-hybridized carbons (Fsp3) is 0.500. The summed E-state index contributed by atoms with van der Waals surface area (Å²) >= 11 is 7.39. The Morgan fingerprint density at radius 2 is 2.00 bits per heavy atom. The Balaban J connectivity index is 1.30. The number of aromatic nitrogens is 3. The van der Waals surface area contributed by atoms with Crippen LogP contribution in [-0.2, 0) is 24.1 Å².